The summed E-state index contributed by atoms with van der Waals surface area (Å²) in [6.45, 7) is 0. The molecule has 1 aliphatic rings. The van der Waals surface area contributed by atoms with Gasteiger partial charge < -0.3 is 0 Å². The van der Waals surface area contributed by atoms with E-state index in [2.05, 4.69) is 0 Å². The second-order valence-electron chi connectivity index (χ2n) is 3.80. The number of alkyl halides is 3. The van der Waals surface area contributed by atoms with Crippen LogP contribution < -0.4 is 0 Å². The number of halogens is 4. The predicted molar refractivity (Wildman–Crippen MR) is 53.5 cm³/mol. The van der Waals surface area contributed by atoms with Crippen molar-refractivity contribution in [1.82, 2.24) is 0 Å². The van der Waals surface area contributed by atoms with Crippen LogP contribution in [0.3, 0.4) is 0 Å². The van der Waals surface area contributed by atoms with Gasteiger partial charge >= 0.3 is 6.18 Å². The highest BCUT2D eigenvalue weighted by Crippen LogP contribution is 2.39. The first-order valence-corrected chi connectivity index (χ1v) is 5.19. The lowest BCUT2D eigenvalue weighted by Gasteiger charge is -2.11. The van der Waals surface area contributed by atoms with E-state index < -0.39 is 16.8 Å². The van der Waals surface area contributed by atoms with Crippen LogP contribution in [0.15, 0.2) is 18.2 Å². The van der Waals surface area contributed by atoms with Gasteiger partial charge in [0.15, 0.2) is 5.78 Å². The molecule has 0 aromatic heterocycles. The van der Waals surface area contributed by atoms with E-state index >= 15 is 0 Å². The molecule has 0 heterocycles. The molecule has 0 bridgehead atoms. The topological polar surface area (TPSA) is 17.1 Å². The zero-order chi connectivity index (χ0) is 11.9. The van der Waals surface area contributed by atoms with Crippen molar-refractivity contribution in [3.8, 4) is 0 Å². The molecule has 5 heteroatoms. The standard InChI is InChI=1S/C11H8ClF3O/c12-9-7(10(16)6-4-5-6)2-1-3-8(9)11(13,14)15/h1-3,6H,4-5H2. The third kappa shape index (κ3) is 2.07. The number of Topliss-reactive ketones (excluding diaryl/α,β-unsaturated/α-hetero) is 1. The van der Waals surface area contributed by atoms with Crippen molar-refractivity contribution in [3.63, 3.8) is 0 Å². The third-order valence-corrected chi connectivity index (χ3v) is 2.92. The van der Waals surface area contributed by atoms with E-state index in [1.807, 2.05) is 0 Å². The summed E-state index contributed by atoms with van der Waals surface area (Å²) in [7, 11) is 0. The van der Waals surface area contributed by atoms with Crippen LogP contribution in [-0.2, 0) is 6.18 Å². The molecule has 0 N–H and O–H groups in total. The van der Waals surface area contributed by atoms with Gasteiger partial charge in [-0.1, -0.05) is 17.7 Å². The number of carbonyl (C=O) groups is 1. The van der Waals surface area contributed by atoms with Gasteiger partial charge in [0.2, 0.25) is 0 Å². The van der Waals surface area contributed by atoms with Gasteiger partial charge in [0, 0.05) is 11.5 Å². The Morgan fingerprint density at radius 3 is 2.44 bits per heavy atom. The number of hydrogen-bond acceptors (Lipinski definition) is 1. The average molecular weight is 249 g/mol. The Hall–Kier alpha value is -1.03. The highest BCUT2D eigenvalue weighted by molar-refractivity contribution is 6.35. The van der Waals surface area contributed by atoms with Gasteiger partial charge in [-0.2, -0.15) is 13.2 Å². The molecular formula is C11H8ClF3O. The Balaban J connectivity index is 2.44. The van der Waals surface area contributed by atoms with E-state index in [0.29, 0.717) is 0 Å². The Bertz CT molecular complexity index is 435. The number of ketones is 1. The molecule has 1 fully saturated rings. The predicted octanol–water partition coefficient (Wildman–Crippen LogP) is 3.95. The van der Waals surface area contributed by atoms with Crippen LogP contribution in [0.25, 0.3) is 0 Å². The summed E-state index contributed by atoms with van der Waals surface area (Å²) in [5.41, 5.74) is -0.959. The quantitative estimate of drug-likeness (QED) is 0.724. The van der Waals surface area contributed by atoms with Gasteiger partial charge in [-0.05, 0) is 25.0 Å². The summed E-state index contributed by atoms with van der Waals surface area (Å²) in [5, 5.41) is -0.480. The number of carbonyl (C=O) groups excluding carboxylic acids is 1. The summed E-state index contributed by atoms with van der Waals surface area (Å²) < 4.78 is 37.5. The van der Waals surface area contributed by atoms with Crippen molar-refractivity contribution in [3.05, 3.63) is 34.3 Å². The highest BCUT2D eigenvalue weighted by atomic mass is 35.5. The molecule has 1 saturated carbocycles. The van der Waals surface area contributed by atoms with Gasteiger partial charge in [-0.15, -0.1) is 0 Å². The smallest absolute Gasteiger partial charge is 0.294 e. The molecule has 1 aromatic carbocycles. The molecule has 0 amide bonds. The fourth-order valence-corrected chi connectivity index (χ4v) is 1.83. The molecule has 1 aromatic rings. The van der Waals surface area contributed by atoms with Crippen LogP contribution in [0.1, 0.15) is 28.8 Å². The van der Waals surface area contributed by atoms with E-state index in [0.717, 1.165) is 18.9 Å². The molecule has 0 aliphatic heterocycles. The first-order chi connectivity index (χ1) is 7.41. The summed E-state index contributed by atoms with van der Waals surface area (Å²) in [5.74, 6) is -0.419. The normalized spacial score (nSPS) is 16.2. The summed E-state index contributed by atoms with van der Waals surface area (Å²) in [4.78, 5) is 11.7. The zero-order valence-corrected chi connectivity index (χ0v) is 8.90. The van der Waals surface area contributed by atoms with Crippen molar-refractivity contribution in [2.45, 2.75) is 19.0 Å². The SMILES string of the molecule is O=C(c1cccc(C(F)(F)F)c1Cl)C1CC1. The molecular weight excluding hydrogens is 241 g/mol. The molecule has 16 heavy (non-hydrogen) atoms. The van der Waals surface area contributed by atoms with Crippen LogP contribution in [0.4, 0.5) is 13.2 Å². The first kappa shape index (κ1) is 11.5. The van der Waals surface area contributed by atoms with Crippen molar-refractivity contribution in [2.75, 3.05) is 0 Å². The fraction of sp³-hybridized carbons (Fsp3) is 0.364. The number of hydrogen-bond donors (Lipinski definition) is 0. The minimum absolute atomic E-state index is 0.0148. The van der Waals surface area contributed by atoms with E-state index in [-0.39, 0.29) is 17.3 Å². The second-order valence-corrected chi connectivity index (χ2v) is 4.18. The lowest BCUT2D eigenvalue weighted by molar-refractivity contribution is -0.137. The third-order valence-electron chi connectivity index (χ3n) is 2.52. The molecule has 0 atom stereocenters. The van der Waals surface area contributed by atoms with E-state index in [1.165, 1.54) is 12.1 Å². The van der Waals surface area contributed by atoms with Crippen molar-refractivity contribution >= 4 is 17.4 Å². The van der Waals surface area contributed by atoms with Gasteiger partial charge in [0.25, 0.3) is 0 Å². The largest absolute Gasteiger partial charge is 0.417 e. The molecule has 86 valence electrons. The highest BCUT2D eigenvalue weighted by Gasteiger charge is 2.37. The Labute approximate surface area is 95.2 Å². The van der Waals surface area contributed by atoms with Crippen molar-refractivity contribution < 1.29 is 18.0 Å². The van der Waals surface area contributed by atoms with Gasteiger partial charge in [0.1, 0.15) is 0 Å². The maximum atomic E-state index is 12.5. The summed E-state index contributed by atoms with van der Waals surface area (Å²) in [6.07, 6.45) is -3.03. The van der Waals surface area contributed by atoms with Crippen LogP contribution in [0.5, 0.6) is 0 Å². The van der Waals surface area contributed by atoms with Gasteiger partial charge in [0.05, 0.1) is 10.6 Å². The number of rotatable bonds is 2. The molecule has 2 rings (SSSR count). The van der Waals surface area contributed by atoms with Gasteiger partial charge in [-0.3, -0.25) is 4.79 Å². The van der Waals surface area contributed by atoms with Crippen molar-refractivity contribution in [1.29, 1.82) is 0 Å². The number of benzene rings is 1. The van der Waals surface area contributed by atoms with E-state index in [9.17, 15) is 18.0 Å². The Morgan fingerprint density at radius 2 is 1.94 bits per heavy atom. The lowest BCUT2D eigenvalue weighted by Crippen LogP contribution is -2.10. The van der Waals surface area contributed by atoms with E-state index in [4.69, 9.17) is 11.6 Å². The molecule has 1 aliphatic carbocycles. The average Bonchev–Trinajstić information content (AvgIpc) is 2.98. The van der Waals surface area contributed by atoms with E-state index in [1.54, 1.807) is 0 Å². The minimum atomic E-state index is -4.52. The van der Waals surface area contributed by atoms with Gasteiger partial charge in [-0.25, -0.2) is 0 Å². The Morgan fingerprint density at radius 1 is 1.31 bits per heavy atom. The van der Waals surface area contributed by atoms with Crippen LogP contribution >= 0.6 is 11.6 Å². The Kier molecular flexibility index (Phi) is 2.70. The van der Waals surface area contributed by atoms with Crippen LogP contribution in [0, 0.1) is 5.92 Å². The maximum absolute atomic E-state index is 12.5. The molecule has 0 unspecified atom stereocenters. The lowest BCUT2D eigenvalue weighted by atomic mass is 10.0. The molecule has 0 spiro atoms. The molecule has 0 radical (unpaired) electrons. The monoisotopic (exact) mass is 248 g/mol. The molecule has 1 nitrogen and oxygen atoms in total. The zero-order valence-electron chi connectivity index (χ0n) is 8.14. The van der Waals surface area contributed by atoms with Crippen molar-refractivity contribution in [2.24, 2.45) is 5.92 Å². The summed E-state index contributed by atoms with van der Waals surface area (Å²) >= 11 is 5.62. The maximum Gasteiger partial charge on any atom is 0.417 e. The first-order valence-electron chi connectivity index (χ1n) is 4.81. The van der Waals surface area contributed by atoms with Crippen LogP contribution in [0.2, 0.25) is 5.02 Å². The summed E-state index contributed by atoms with van der Waals surface area (Å²) in [6, 6.07) is 3.44. The second kappa shape index (κ2) is 3.77. The van der Waals surface area contributed by atoms with Crippen LogP contribution in [-0.4, -0.2) is 5.78 Å². The fourth-order valence-electron chi connectivity index (χ4n) is 1.51. The molecule has 0 saturated heterocycles. The minimum Gasteiger partial charge on any atom is -0.294 e.